The molecular weight excluding hydrogens is 246 g/mol. The number of halogens is 1. The molecule has 3 heteroatoms. The van der Waals surface area contributed by atoms with E-state index >= 15 is 0 Å². The summed E-state index contributed by atoms with van der Waals surface area (Å²) in [4.78, 5) is 0. The third-order valence-corrected chi connectivity index (χ3v) is 2.98. The molecule has 1 N–H and O–H groups in total. The predicted octanol–water partition coefficient (Wildman–Crippen LogP) is 4.35. The van der Waals surface area contributed by atoms with Gasteiger partial charge in [-0.1, -0.05) is 41.9 Å². The van der Waals surface area contributed by atoms with Crippen LogP contribution in [0.3, 0.4) is 0 Å². The normalized spacial score (nSPS) is 10.1. The van der Waals surface area contributed by atoms with Gasteiger partial charge in [-0.2, -0.15) is 0 Å². The van der Waals surface area contributed by atoms with Gasteiger partial charge in [0, 0.05) is 11.6 Å². The maximum atomic E-state index is 6.12. The van der Waals surface area contributed by atoms with E-state index in [4.69, 9.17) is 16.3 Å². The largest absolute Gasteiger partial charge is 0.492 e. The highest BCUT2D eigenvalue weighted by atomic mass is 35.5. The summed E-state index contributed by atoms with van der Waals surface area (Å²) in [6.07, 6.45) is 0. The number of para-hydroxylation sites is 2. The van der Waals surface area contributed by atoms with Crippen molar-refractivity contribution in [3.05, 3.63) is 59.1 Å². The summed E-state index contributed by atoms with van der Waals surface area (Å²) in [7, 11) is 0. The molecule has 2 aromatic rings. The molecule has 0 aliphatic carbocycles. The van der Waals surface area contributed by atoms with Crippen LogP contribution in [0.25, 0.3) is 0 Å². The highest BCUT2D eigenvalue weighted by Crippen LogP contribution is 2.25. The lowest BCUT2D eigenvalue weighted by molar-refractivity contribution is 0.341. The summed E-state index contributed by atoms with van der Waals surface area (Å²) >= 11 is 6.12. The minimum atomic E-state index is 0.658. The van der Waals surface area contributed by atoms with Crippen LogP contribution >= 0.6 is 11.6 Å². The molecule has 2 aromatic carbocycles. The van der Waals surface area contributed by atoms with E-state index in [2.05, 4.69) is 5.32 Å². The highest BCUT2D eigenvalue weighted by Gasteiger charge is 2.03. The van der Waals surface area contributed by atoms with E-state index in [0.717, 1.165) is 22.0 Å². The minimum Gasteiger partial charge on any atom is -0.492 e. The standard InChI is InChI=1S/C15H16ClNO/c1-2-18-15-10-6-5-9-14(15)17-11-12-7-3-4-8-13(12)16/h3-10,17H,2,11H2,1H3. The van der Waals surface area contributed by atoms with Crippen LogP contribution in [0.2, 0.25) is 5.02 Å². The maximum Gasteiger partial charge on any atom is 0.142 e. The van der Waals surface area contributed by atoms with Gasteiger partial charge in [0.1, 0.15) is 5.75 Å². The van der Waals surface area contributed by atoms with Gasteiger partial charge in [0.05, 0.1) is 12.3 Å². The number of ether oxygens (including phenoxy) is 1. The van der Waals surface area contributed by atoms with Crippen molar-refractivity contribution in [2.24, 2.45) is 0 Å². The van der Waals surface area contributed by atoms with Gasteiger partial charge in [0.25, 0.3) is 0 Å². The van der Waals surface area contributed by atoms with E-state index in [1.807, 2.05) is 55.5 Å². The Morgan fingerprint density at radius 3 is 2.56 bits per heavy atom. The van der Waals surface area contributed by atoms with Crippen molar-refractivity contribution in [1.29, 1.82) is 0 Å². The average molecular weight is 262 g/mol. The molecule has 0 heterocycles. The molecule has 0 saturated heterocycles. The molecule has 0 unspecified atom stereocenters. The summed E-state index contributed by atoms with van der Waals surface area (Å²) in [6.45, 7) is 3.32. The molecule has 0 spiro atoms. The predicted molar refractivity (Wildman–Crippen MR) is 76.4 cm³/mol. The monoisotopic (exact) mass is 261 g/mol. The summed E-state index contributed by atoms with van der Waals surface area (Å²) < 4.78 is 5.56. The number of anilines is 1. The van der Waals surface area contributed by atoms with Gasteiger partial charge in [0.15, 0.2) is 0 Å². The summed E-state index contributed by atoms with van der Waals surface area (Å²) in [5, 5.41) is 4.12. The van der Waals surface area contributed by atoms with Gasteiger partial charge in [-0.3, -0.25) is 0 Å². The van der Waals surface area contributed by atoms with Gasteiger partial charge in [-0.25, -0.2) is 0 Å². The Hall–Kier alpha value is -1.67. The Kier molecular flexibility index (Phi) is 4.48. The first-order chi connectivity index (χ1) is 8.81. The topological polar surface area (TPSA) is 21.3 Å². The van der Waals surface area contributed by atoms with Crippen LogP contribution in [0, 0.1) is 0 Å². The van der Waals surface area contributed by atoms with Crippen LogP contribution in [0.15, 0.2) is 48.5 Å². The fraction of sp³-hybridized carbons (Fsp3) is 0.200. The Morgan fingerprint density at radius 2 is 1.78 bits per heavy atom. The third-order valence-electron chi connectivity index (χ3n) is 2.61. The van der Waals surface area contributed by atoms with Crippen molar-refractivity contribution in [3.63, 3.8) is 0 Å². The molecule has 0 atom stereocenters. The van der Waals surface area contributed by atoms with E-state index in [0.29, 0.717) is 13.2 Å². The van der Waals surface area contributed by atoms with Crippen molar-refractivity contribution in [3.8, 4) is 5.75 Å². The number of nitrogens with one attached hydrogen (secondary N) is 1. The van der Waals surface area contributed by atoms with Crippen LogP contribution in [0.1, 0.15) is 12.5 Å². The lowest BCUT2D eigenvalue weighted by atomic mass is 10.2. The Morgan fingerprint density at radius 1 is 1.06 bits per heavy atom. The second-order valence-electron chi connectivity index (χ2n) is 3.87. The number of benzene rings is 2. The molecule has 0 aliphatic rings. The Balaban J connectivity index is 2.08. The molecule has 0 saturated carbocycles. The molecule has 0 aromatic heterocycles. The first-order valence-electron chi connectivity index (χ1n) is 6.00. The molecule has 18 heavy (non-hydrogen) atoms. The van der Waals surface area contributed by atoms with Crippen LogP contribution in [0.4, 0.5) is 5.69 Å². The zero-order valence-corrected chi connectivity index (χ0v) is 11.1. The van der Waals surface area contributed by atoms with Gasteiger partial charge in [-0.05, 0) is 30.7 Å². The van der Waals surface area contributed by atoms with Gasteiger partial charge >= 0.3 is 0 Å². The summed E-state index contributed by atoms with van der Waals surface area (Å²) in [5.74, 6) is 0.868. The smallest absolute Gasteiger partial charge is 0.142 e. The third kappa shape index (κ3) is 3.17. The highest BCUT2D eigenvalue weighted by molar-refractivity contribution is 6.31. The molecule has 0 aliphatic heterocycles. The number of hydrogen-bond donors (Lipinski definition) is 1. The van der Waals surface area contributed by atoms with Crippen LogP contribution < -0.4 is 10.1 Å². The Bertz CT molecular complexity index is 513. The van der Waals surface area contributed by atoms with E-state index < -0.39 is 0 Å². The van der Waals surface area contributed by atoms with Gasteiger partial charge in [-0.15, -0.1) is 0 Å². The fourth-order valence-corrected chi connectivity index (χ4v) is 1.93. The SMILES string of the molecule is CCOc1ccccc1NCc1ccccc1Cl. The average Bonchev–Trinajstić information content (AvgIpc) is 2.40. The molecule has 0 radical (unpaired) electrons. The lowest BCUT2D eigenvalue weighted by Crippen LogP contribution is -2.02. The van der Waals surface area contributed by atoms with Crippen molar-refractivity contribution in [1.82, 2.24) is 0 Å². The number of hydrogen-bond acceptors (Lipinski definition) is 2. The summed E-state index contributed by atoms with van der Waals surface area (Å²) in [5.41, 5.74) is 2.06. The lowest BCUT2D eigenvalue weighted by Gasteiger charge is -2.12. The molecular formula is C15H16ClNO. The van der Waals surface area contributed by atoms with Crippen LogP contribution in [0.5, 0.6) is 5.75 Å². The van der Waals surface area contributed by atoms with E-state index in [1.54, 1.807) is 0 Å². The molecule has 94 valence electrons. The van der Waals surface area contributed by atoms with Crippen LogP contribution in [-0.4, -0.2) is 6.61 Å². The molecule has 0 fully saturated rings. The maximum absolute atomic E-state index is 6.12. The van der Waals surface area contributed by atoms with Crippen molar-refractivity contribution in [2.75, 3.05) is 11.9 Å². The van der Waals surface area contributed by atoms with E-state index in [1.165, 1.54) is 0 Å². The number of rotatable bonds is 5. The zero-order chi connectivity index (χ0) is 12.8. The quantitative estimate of drug-likeness (QED) is 0.864. The Labute approximate surface area is 113 Å². The van der Waals surface area contributed by atoms with E-state index in [9.17, 15) is 0 Å². The zero-order valence-electron chi connectivity index (χ0n) is 10.3. The van der Waals surface area contributed by atoms with Crippen molar-refractivity contribution >= 4 is 17.3 Å². The van der Waals surface area contributed by atoms with Crippen molar-refractivity contribution in [2.45, 2.75) is 13.5 Å². The second kappa shape index (κ2) is 6.31. The molecule has 2 rings (SSSR count). The van der Waals surface area contributed by atoms with Gasteiger partial charge in [0.2, 0.25) is 0 Å². The molecule has 2 nitrogen and oxygen atoms in total. The molecule has 0 bridgehead atoms. The van der Waals surface area contributed by atoms with E-state index in [-0.39, 0.29) is 0 Å². The van der Waals surface area contributed by atoms with Crippen molar-refractivity contribution < 1.29 is 4.74 Å². The summed E-state index contributed by atoms with van der Waals surface area (Å²) in [6, 6.07) is 15.7. The minimum absolute atomic E-state index is 0.658. The molecule has 0 amide bonds. The fourth-order valence-electron chi connectivity index (χ4n) is 1.73. The first kappa shape index (κ1) is 12.8. The van der Waals surface area contributed by atoms with Crippen LogP contribution in [-0.2, 0) is 6.54 Å². The first-order valence-corrected chi connectivity index (χ1v) is 6.38. The second-order valence-corrected chi connectivity index (χ2v) is 4.28. The van der Waals surface area contributed by atoms with Gasteiger partial charge < -0.3 is 10.1 Å².